The molecule has 390 valence electrons. The summed E-state index contributed by atoms with van der Waals surface area (Å²) in [5, 5.41) is 13.3. The molecule has 0 aliphatic carbocycles. The van der Waals surface area contributed by atoms with Crippen LogP contribution in [0.5, 0.6) is 11.5 Å². The summed E-state index contributed by atoms with van der Waals surface area (Å²) in [4.78, 5) is 0. The van der Waals surface area contributed by atoms with Gasteiger partial charge in [0.2, 0.25) is 0 Å². The lowest BCUT2D eigenvalue weighted by Crippen LogP contribution is -2.41. The highest BCUT2D eigenvalue weighted by Crippen LogP contribution is 2.46. The first kappa shape index (κ1) is 53.3. The molecule has 3 saturated heterocycles. The zero-order valence-electron chi connectivity index (χ0n) is 43.5. The second kappa shape index (κ2) is 22.6. The van der Waals surface area contributed by atoms with E-state index in [-0.39, 0.29) is 12.6 Å². The maximum absolute atomic E-state index is 6.74. The standard InChI is InChI=1S/C30H34BNO4.C28H24BrNO2S.C4H2Br2S/c1-20-18-23(31-35-29(2,3)30(4,5)36-31)28(34-27-16-10-11-17-33-27)26(19-20)32-24-14-8-6-12-21(24)22-13-7-9-15-25(22)32;1-18-14-21(22-16-33-17-23(22)29)28(32-27-12-6-7-13-31-27)26(15-18)30-24-10-4-2-8-19(24)20-9-3-5-11-25(20)30;5-3-1-7-2-4(3)6/h6-9,12-15,18-19,27H,10-11,16-17H2,1-5H3;2-5,8-11,14-17,27H,6-7,12-13H2,1H3;1-2H. The summed E-state index contributed by atoms with van der Waals surface area (Å²) in [5.41, 5.74) is 11.2. The number of aryl methyl sites for hydroxylation is 2. The van der Waals surface area contributed by atoms with Crippen LogP contribution in [-0.4, -0.2) is 53.2 Å². The topological polar surface area (TPSA) is 65.2 Å². The molecule has 7 heterocycles. The SMILES string of the molecule is Brc1cscc1Br.Cc1cc(-c2cscc2Br)c(OC2CCCCO2)c(-n2c3ccccc3c3ccccc32)c1.Cc1cc(B2OC(C)(C)C(C)(C)O2)c(OC2CCCCO2)c(-n2c3ccccc3c3ccccc32)c1. The summed E-state index contributed by atoms with van der Waals surface area (Å²) in [6, 6.07) is 43.1. The second-order valence-electron chi connectivity index (χ2n) is 20.7. The van der Waals surface area contributed by atoms with Crippen LogP contribution < -0.4 is 14.9 Å². The molecule has 2 atom stereocenters. The molecule has 3 aliphatic heterocycles. The Hall–Kier alpha value is -4.74. The highest BCUT2D eigenvalue weighted by Gasteiger charge is 2.53. The van der Waals surface area contributed by atoms with E-state index in [1.807, 2.05) is 10.8 Å². The predicted octanol–water partition coefficient (Wildman–Crippen LogP) is 18.1. The minimum atomic E-state index is -0.541. The molecule has 0 spiro atoms. The first-order valence-electron chi connectivity index (χ1n) is 26.0. The van der Waals surface area contributed by atoms with Gasteiger partial charge in [-0.1, -0.05) is 78.9 Å². The van der Waals surface area contributed by atoms with E-state index in [0.717, 1.165) is 115 Å². The van der Waals surface area contributed by atoms with Gasteiger partial charge in [0.05, 0.1) is 57.9 Å². The molecule has 10 aromatic rings. The molecule has 76 heavy (non-hydrogen) atoms. The normalized spacial score (nSPS) is 18.1. The molecular weight excluding hydrogens is 1180 g/mol. The number of ether oxygens (including phenoxy) is 4. The van der Waals surface area contributed by atoms with E-state index in [0.29, 0.717) is 6.61 Å². The molecule has 3 fully saturated rings. The zero-order chi connectivity index (χ0) is 52.7. The van der Waals surface area contributed by atoms with Crippen LogP contribution in [0.1, 0.15) is 77.3 Å². The average molecular weight is 1240 g/mol. The number of thiophene rings is 2. The van der Waals surface area contributed by atoms with Crippen molar-refractivity contribution < 1.29 is 28.3 Å². The van der Waals surface area contributed by atoms with Crippen LogP contribution in [0.3, 0.4) is 0 Å². The highest BCUT2D eigenvalue weighted by molar-refractivity contribution is 9.13. The van der Waals surface area contributed by atoms with Crippen molar-refractivity contribution in [2.45, 2.75) is 104 Å². The monoisotopic (exact) mass is 1240 g/mol. The fourth-order valence-electron chi connectivity index (χ4n) is 10.4. The summed E-state index contributed by atoms with van der Waals surface area (Å²) in [6.45, 7) is 14.1. The molecule has 0 saturated carbocycles. The summed E-state index contributed by atoms with van der Waals surface area (Å²) in [5.74, 6) is 1.63. The van der Waals surface area contributed by atoms with Crippen LogP contribution in [0.4, 0.5) is 0 Å². The van der Waals surface area contributed by atoms with Crippen LogP contribution in [0.25, 0.3) is 66.1 Å². The maximum Gasteiger partial charge on any atom is 0.498 e. The van der Waals surface area contributed by atoms with Crippen molar-refractivity contribution in [1.82, 2.24) is 9.13 Å². The van der Waals surface area contributed by atoms with Gasteiger partial charge in [-0.15, -0.1) is 0 Å². The first-order valence-corrected chi connectivity index (χ1v) is 30.3. The molecule has 8 nitrogen and oxygen atoms in total. The number of aromatic nitrogens is 2. The Morgan fingerprint density at radius 2 is 0.908 bits per heavy atom. The van der Waals surface area contributed by atoms with Crippen molar-refractivity contribution in [3.05, 3.63) is 167 Å². The third-order valence-corrected chi connectivity index (χ3v) is 19.8. The van der Waals surface area contributed by atoms with Crippen molar-refractivity contribution in [2.75, 3.05) is 13.2 Å². The Kier molecular flexibility index (Phi) is 15.8. The van der Waals surface area contributed by atoms with Gasteiger partial charge >= 0.3 is 7.12 Å². The Balaban J connectivity index is 0.000000144. The molecule has 0 radical (unpaired) electrons. The molecule has 2 unspecified atom stereocenters. The van der Waals surface area contributed by atoms with E-state index in [4.69, 9.17) is 28.3 Å². The van der Waals surface area contributed by atoms with Crippen LogP contribution in [0.2, 0.25) is 0 Å². The third-order valence-electron chi connectivity index (χ3n) is 14.9. The first-order chi connectivity index (χ1) is 36.8. The fraction of sp³-hybridized carbons (Fsp3) is 0.290. The van der Waals surface area contributed by atoms with Gasteiger partial charge in [0, 0.05) is 80.5 Å². The van der Waals surface area contributed by atoms with E-state index in [1.165, 1.54) is 38.1 Å². The molecule has 4 aromatic heterocycles. The molecule has 14 heteroatoms. The largest absolute Gasteiger partial charge is 0.498 e. The van der Waals surface area contributed by atoms with Crippen molar-refractivity contribution in [3.8, 4) is 34.0 Å². The fourth-order valence-corrected chi connectivity index (χ4v) is 13.7. The minimum Gasteiger partial charge on any atom is -0.463 e. The van der Waals surface area contributed by atoms with Crippen LogP contribution >= 0.6 is 70.5 Å². The lowest BCUT2D eigenvalue weighted by atomic mass is 9.77. The Bertz CT molecular complexity index is 3560. The van der Waals surface area contributed by atoms with E-state index in [9.17, 15) is 0 Å². The van der Waals surface area contributed by atoms with E-state index < -0.39 is 18.3 Å². The molecule has 0 N–H and O–H groups in total. The number of rotatable bonds is 8. The number of fused-ring (bicyclic) bond motifs is 6. The number of halogens is 3. The van der Waals surface area contributed by atoms with Crippen molar-refractivity contribution in [3.63, 3.8) is 0 Å². The van der Waals surface area contributed by atoms with Crippen LogP contribution in [0, 0.1) is 13.8 Å². The number of benzene rings is 6. The van der Waals surface area contributed by atoms with Gasteiger partial charge in [0.15, 0.2) is 18.3 Å². The molecule has 0 bridgehead atoms. The van der Waals surface area contributed by atoms with Gasteiger partial charge in [0.1, 0.15) is 5.75 Å². The quantitative estimate of drug-likeness (QED) is 0.141. The van der Waals surface area contributed by atoms with E-state index in [2.05, 4.69) is 231 Å². The van der Waals surface area contributed by atoms with Crippen LogP contribution in [0.15, 0.2) is 156 Å². The zero-order valence-corrected chi connectivity index (χ0v) is 49.9. The Morgan fingerprint density at radius 3 is 1.32 bits per heavy atom. The number of nitrogens with zero attached hydrogens (tertiary/aromatic N) is 2. The number of hydrogen-bond donors (Lipinski definition) is 0. The Morgan fingerprint density at radius 1 is 0.500 bits per heavy atom. The Labute approximate surface area is 478 Å². The van der Waals surface area contributed by atoms with Gasteiger partial charge < -0.3 is 37.4 Å². The summed E-state index contributed by atoms with van der Waals surface area (Å²) in [7, 11) is -0.541. The van der Waals surface area contributed by atoms with Gasteiger partial charge in [-0.3, -0.25) is 0 Å². The van der Waals surface area contributed by atoms with Gasteiger partial charge in [-0.05, 0) is 174 Å². The van der Waals surface area contributed by atoms with Crippen molar-refractivity contribution in [1.29, 1.82) is 0 Å². The molecule has 6 aromatic carbocycles. The van der Waals surface area contributed by atoms with Crippen molar-refractivity contribution >= 4 is 127 Å². The lowest BCUT2D eigenvalue weighted by Gasteiger charge is -2.32. The molecule has 0 amide bonds. The molecule has 3 aliphatic rings. The molecule has 13 rings (SSSR count). The minimum absolute atomic E-state index is 0.232. The second-order valence-corrected chi connectivity index (χ2v) is 24.8. The van der Waals surface area contributed by atoms with E-state index >= 15 is 0 Å². The van der Waals surface area contributed by atoms with Crippen molar-refractivity contribution in [2.24, 2.45) is 0 Å². The smallest absolute Gasteiger partial charge is 0.463 e. The van der Waals surface area contributed by atoms with E-state index in [1.54, 1.807) is 22.7 Å². The average Bonchev–Trinajstić information content (AvgIpc) is 4.26. The van der Waals surface area contributed by atoms with Gasteiger partial charge in [0.25, 0.3) is 0 Å². The van der Waals surface area contributed by atoms with Gasteiger partial charge in [-0.2, -0.15) is 22.7 Å². The third kappa shape index (κ3) is 10.6. The van der Waals surface area contributed by atoms with Crippen LogP contribution in [-0.2, 0) is 18.8 Å². The maximum atomic E-state index is 6.74. The predicted molar refractivity (Wildman–Crippen MR) is 326 cm³/mol. The highest BCUT2D eigenvalue weighted by atomic mass is 79.9. The lowest BCUT2D eigenvalue weighted by molar-refractivity contribution is -0.105. The summed E-state index contributed by atoms with van der Waals surface area (Å²) < 4.78 is 46.6. The number of para-hydroxylation sites is 4. The van der Waals surface area contributed by atoms with Gasteiger partial charge in [-0.25, -0.2) is 0 Å². The summed E-state index contributed by atoms with van der Waals surface area (Å²) in [6.07, 6.45) is 5.62. The summed E-state index contributed by atoms with van der Waals surface area (Å²) >= 11 is 13.8. The molecular formula is C62H60BBr3N2O6S2. The number of hydrogen-bond acceptors (Lipinski definition) is 8.